The van der Waals surface area contributed by atoms with Gasteiger partial charge in [-0.25, -0.2) is 4.79 Å². The molecule has 1 aromatic heterocycles. The summed E-state index contributed by atoms with van der Waals surface area (Å²) in [5.74, 6) is 0.325. The van der Waals surface area contributed by atoms with Gasteiger partial charge in [-0.1, -0.05) is 74.1 Å². The van der Waals surface area contributed by atoms with Crippen LogP contribution in [0.2, 0.25) is 22.2 Å². The summed E-state index contributed by atoms with van der Waals surface area (Å²) >= 11 is 6.81. The van der Waals surface area contributed by atoms with Crippen molar-refractivity contribution in [2.24, 2.45) is 0 Å². The van der Waals surface area contributed by atoms with Gasteiger partial charge in [0.15, 0.2) is 6.23 Å². The lowest BCUT2D eigenvalue weighted by molar-refractivity contribution is -0.114. The van der Waals surface area contributed by atoms with E-state index in [4.69, 9.17) is 35.0 Å². The van der Waals surface area contributed by atoms with Crippen LogP contribution in [0, 0.1) is 11.3 Å². The molecule has 0 spiro atoms. The number of amides is 1. The van der Waals surface area contributed by atoms with E-state index in [1.165, 1.54) is 35.5 Å². The second-order valence-corrected chi connectivity index (χ2v) is 21.4. The minimum atomic E-state index is -2.74. The molecule has 0 bridgehead atoms. The second-order valence-electron chi connectivity index (χ2n) is 11.7. The number of carbonyl (C=O) groups is 1. The second kappa shape index (κ2) is 16.1. The van der Waals surface area contributed by atoms with Crippen molar-refractivity contribution >= 4 is 57.7 Å². The molecule has 2 rings (SSSR count). The Balaban J connectivity index is 2.76. The molecule has 1 aromatic rings. The highest BCUT2D eigenvalue weighted by atomic mass is 32.2. The summed E-state index contributed by atoms with van der Waals surface area (Å²) < 4.78 is 33.8. The molecule has 0 saturated carbocycles. The van der Waals surface area contributed by atoms with Gasteiger partial charge in [-0.05, 0) is 46.2 Å². The van der Waals surface area contributed by atoms with Crippen molar-refractivity contribution < 1.29 is 27.5 Å². The van der Waals surface area contributed by atoms with Crippen molar-refractivity contribution in [2.75, 3.05) is 24.8 Å². The predicted octanol–water partition coefficient (Wildman–Crippen LogP) is 5.54. The third-order valence-electron chi connectivity index (χ3n) is 7.31. The first-order chi connectivity index (χ1) is 20.1. The zero-order chi connectivity index (χ0) is 32.7. The number of nitriles is 1. The van der Waals surface area contributed by atoms with Gasteiger partial charge in [0.05, 0.1) is 6.61 Å². The summed E-state index contributed by atoms with van der Waals surface area (Å²) in [4.78, 5) is 28.9. The number of hydrogen-bond donors (Lipinski definition) is 1. The standard InChI is InChI=1S/C28H47N4O7S2Si2/c1-12-41-27(40)38-28(16-29)24(39-42(17(2)3)18(4)5)22(15-36-43(35-11,19(6)7)20(8)9)37-25(28)32-14-13-23(30-21(10)33)31-26(32)34/h13-14,17-20,22,24-25H,12,15H2,1-11H3,(H,30,31,33,34)/t22-,24-,25-,28?/m1/s1. The Hall–Kier alpha value is -1.65. The van der Waals surface area contributed by atoms with E-state index in [1.54, 1.807) is 7.11 Å². The first-order valence-corrected chi connectivity index (χ1v) is 19.5. The molecule has 2 heterocycles. The molecule has 43 heavy (non-hydrogen) atoms. The van der Waals surface area contributed by atoms with Gasteiger partial charge in [0.1, 0.15) is 24.1 Å². The smallest absolute Gasteiger partial charge is 0.351 e. The van der Waals surface area contributed by atoms with E-state index in [9.17, 15) is 14.9 Å². The Morgan fingerprint density at radius 3 is 2.30 bits per heavy atom. The van der Waals surface area contributed by atoms with E-state index in [0.717, 1.165) is 0 Å². The molecule has 1 aliphatic heterocycles. The van der Waals surface area contributed by atoms with Gasteiger partial charge in [0.25, 0.3) is 5.60 Å². The van der Waals surface area contributed by atoms with E-state index >= 15 is 0 Å². The van der Waals surface area contributed by atoms with Gasteiger partial charge in [-0.15, -0.1) is 0 Å². The van der Waals surface area contributed by atoms with Crippen LogP contribution in [0.15, 0.2) is 17.1 Å². The van der Waals surface area contributed by atoms with Crippen molar-refractivity contribution in [3.05, 3.63) is 22.7 Å². The minimum Gasteiger partial charge on any atom is -0.449 e. The van der Waals surface area contributed by atoms with Gasteiger partial charge >= 0.3 is 14.3 Å². The summed E-state index contributed by atoms with van der Waals surface area (Å²) in [5, 5.41) is 13.4. The van der Waals surface area contributed by atoms with Crippen molar-refractivity contribution in [2.45, 2.75) is 115 Å². The highest BCUT2D eigenvalue weighted by molar-refractivity contribution is 8.22. The number of carbonyl (C=O) groups excluding carboxylic acids is 1. The predicted molar refractivity (Wildman–Crippen MR) is 177 cm³/mol. The van der Waals surface area contributed by atoms with Crippen LogP contribution >= 0.6 is 24.0 Å². The average Bonchev–Trinajstić information content (AvgIpc) is 3.19. The zero-order valence-corrected chi connectivity index (χ0v) is 30.8. The Morgan fingerprint density at radius 1 is 1.26 bits per heavy atom. The number of ether oxygens (including phenoxy) is 2. The number of thioether (sulfide) groups is 1. The van der Waals surface area contributed by atoms with Gasteiger partial charge in [0, 0.05) is 20.2 Å². The quantitative estimate of drug-likeness (QED) is 0.197. The molecule has 0 aliphatic carbocycles. The number of anilines is 1. The third kappa shape index (κ3) is 8.54. The van der Waals surface area contributed by atoms with E-state index in [0.29, 0.717) is 5.75 Å². The van der Waals surface area contributed by atoms with Crippen LogP contribution in [-0.4, -0.2) is 74.7 Å². The normalized spacial score (nSPS) is 22.5. The Bertz CT molecular complexity index is 1190. The SMILES string of the molecule is CCSC(=S)OC1(C#N)[C@H](O[Si](C(C)C)C(C)C)[C@@H](CO[Si](OC)(C(C)C)C(C)C)O[C@H]1n1ccc(NC(C)=O)nc1=O. The molecule has 0 aromatic carbocycles. The van der Waals surface area contributed by atoms with Gasteiger partial charge in [0.2, 0.25) is 19.3 Å². The molecule has 1 amide bonds. The van der Waals surface area contributed by atoms with E-state index in [-0.39, 0.29) is 44.9 Å². The summed E-state index contributed by atoms with van der Waals surface area (Å²) in [7, 11) is -2.61. The highest BCUT2D eigenvalue weighted by Crippen LogP contribution is 2.46. The Kier molecular flexibility index (Phi) is 14.0. The lowest BCUT2D eigenvalue weighted by Gasteiger charge is -2.39. The lowest BCUT2D eigenvalue weighted by Crippen LogP contribution is -2.55. The highest BCUT2D eigenvalue weighted by Gasteiger charge is 2.63. The molecule has 1 unspecified atom stereocenters. The molecule has 1 aliphatic rings. The minimum absolute atomic E-state index is 0.0511. The summed E-state index contributed by atoms with van der Waals surface area (Å²) in [6, 6.07) is 3.78. The maximum Gasteiger partial charge on any atom is 0.351 e. The molecular weight excluding hydrogens is 625 g/mol. The third-order valence-corrected chi connectivity index (χ3v) is 15.6. The van der Waals surface area contributed by atoms with Crippen LogP contribution in [0.4, 0.5) is 5.82 Å². The maximum atomic E-state index is 13.4. The van der Waals surface area contributed by atoms with Crippen LogP contribution in [0.25, 0.3) is 0 Å². The molecule has 241 valence electrons. The molecular formula is C28H47N4O7S2Si2. The topological polar surface area (TPSA) is 134 Å². The monoisotopic (exact) mass is 671 g/mol. The number of rotatable bonds is 14. The van der Waals surface area contributed by atoms with E-state index in [1.807, 2.05) is 6.92 Å². The van der Waals surface area contributed by atoms with Gasteiger partial charge < -0.3 is 28.1 Å². The Labute approximate surface area is 268 Å². The molecule has 1 N–H and O–H groups in total. The van der Waals surface area contributed by atoms with Gasteiger partial charge in [-0.2, -0.15) is 10.2 Å². The fourth-order valence-electron chi connectivity index (χ4n) is 5.52. The molecule has 4 atom stereocenters. The van der Waals surface area contributed by atoms with Crippen LogP contribution in [0.1, 0.15) is 75.5 Å². The Morgan fingerprint density at radius 2 is 1.86 bits per heavy atom. The van der Waals surface area contributed by atoms with E-state index < -0.39 is 47.3 Å². The average molecular weight is 672 g/mol. The molecule has 1 saturated heterocycles. The number of aromatic nitrogens is 2. The number of nitrogens with one attached hydrogen (secondary N) is 1. The fourth-order valence-corrected chi connectivity index (χ4v) is 12.4. The van der Waals surface area contributed by atoms with Crippen molar-refractivity contribution in [1.82, 2.24) is 9.55 Å². The van der Waals surface area contributed by atoms with Crippen molar-refractivity contribution in [3.63, 3.8) is 0 Å². The maximum absolute atomic E-state index is 13.4. The molecule has 11 nitrogen and oxygen atoms in total. The number of nitrogens with zero attached hydrogens (tertiary/aromatic N) is 3. The van der Waals surface area contributed by atoms with Crippen LogP contribution < -0.4 is 11.0 Å². The van der Waals surface area contributed by atoms with E-state index in [2.05, 4.69) is 71.8 Å². The van der Waals surface area contributed by atoms with Crippen molar-refractivity contribution in [1.29, 1.82) is 5.26 Å². The summed E-state index contributed by atoms with van der Waals surface area (Å²) in [6.07, 6.45) is -1.62. The van der Waals surface area contributed by atoms with Gasteiger partial charge in [-0.3, -0.25) is 9.36 Å². The van der Waals surface area contributed by atoms with Crippen molar-refractivity contribution in [3.8, 4) is 6.07 Å². The first-order valence-electron chi connectivity index (χ1n) is 14.6. The zero-order valence-electron chi connectivity index (χ0n) is 27.1. The lowest BCUT2D eigenvalue weighted by atomic mass is 9.95. The largest absolute Gasteiger partial charge is 0.449 e. The molecule has 1 fully saturated rings. The molecule has 15 heteroatoms. The van der Waals surface area contributed by atoms with Crippen LogP contribution in [0.3, 0.4) is 0 Å². The summed E-state index contributed by atoms with van der Waals surface area (Å²) in [5.41, 5.74) is -1.95. The van der Waals surface area contributed by atoms with Crippen LogP contribution in [-0.2, 0) is 27.5 Å². The first kappa shape index (κ1) is 37.5. The fraction of sp³-hybridized carbons (Fsp3) is 0.750. The number of hydrogen-bond acceptors (Lipinski definition) is 11. The number of thiocarbonyl (C=S) groups is 1. The molecule has 1 radical (unpaired) electrons. The summed E-state index contributed by atoms with van der Waals surface area (Å²) in [6.45, 7) is 20.0. The van der Waals surface area contributed by atoms with Crippen LogP contribution in [0.5, 0.6) is 0 Å².